The fourth-order valence-corrected chi connectivity index (χ4v) is 4.12. The molecule has 172 valence electrons. The minimum Gasteiger partial charge on any atom is -0.355 e. The van der Waals surface area contributed by atoms with E-state index in [-0.39, 0.29) is 42.3 Å². The van der Waals surface area contributed by atoms with Gasteiger partial charge in [-0.1, -0.05) is 13.0 Å². The van der Waals surface area contributed by atoms with Crippen molar-refractivity contribution in [1.29, 1.82) is 0 Å². The predicted molar refractivity (Wildman–Crippen MR) is 127 cm³/mol. The molecule has 11 heteroatoms. The second kappa shape index (κ2) is 12.7. The molecule has 1 saturated heterocycles. The largest absolute Gasteiger partial charge is 0.355 e. The van der Waals surface area contributed by atoms with Crippen molar-refractivity contribution in [2.24, 2.45) is 4.99 Å². The predicted octanol–water partition coefficient (Wildman–Crippen LogP) is 2.17. The summed E-state index contributed by atoms with van der Waals surface area (Å²) < 4.78 is 52.9. The number of hydrogen-bond donors (Lipinski definition) is 2. The normalized spacial score (nSPS) is 16.8. The Kier molecular flexibility index (Phi) is 11.4. The van der Waals surface area contributed by atoms with Gasteiger partial charge in [-0.2, -0.15) is 0 Å². The summed E-state index contributed by atoms with van der Waals surface area (Å²) in [5.74, 6) is -0.314. The van der Waals surface area contributed by atoms with Gasteiger partial charge in [-0.25, -0.2) is 21.9 Å². The SMILES string of the molecule is CCC(c1ccc(F)cc1F)N1CCN(C(=NC)NCCNS(=O)(=O)CC)CC1.I. The molecule has 1 aliphatic rings. The molecule has 1 fully saturated rings. The summed E-state index contributed by atoms with van der Waals surface area (Å²) in [5.41, 5.74) is 0.521. The van der Waals surface area contributed by atoms with Crippen molar-refractivity contribution in [2.45, 2.75) is 26.3 Å². The Morgan fingerprint density at radius 2 is 1.83 bits per heavy atom. The number of nitrogens with one attached hydrogen (secondary N) is 2. The molecule has 1 heterocycles. The van der Waals surface area contributed by atoms with Gasteiger partial charge < -0.3 is 10.2 Å². The molecule has 0 amide bonds. The molecule has 1 aromatic carbocycles. The Balaban J connectivity index is 0.00000450. The summed E-state index contributed by atoms with van der Waals surface area (Å²) in [5, 5.41) is 3.17. The van der Waals surface area contributed by atoms with Crippen LogP contribution in [-0.2, 0) is 10.0 Å². The maximum Gasteiger partial charge on any atom is 0.211 e. The molecule has 0 radical (unpaired) electrons. The lowest BCUT2D eigenvalue weighted by Crippen LogP contribution is -2.53. The first kappa shape index (κ1) is 27.0. The third kappa shape index (κ3) is 7.57. The maximum absolute atomic E-state index is 14.2. The molecule has 0 bridgehead atoms. The summed E-state index contributed by atoms with van der Waals surface area (Å²) in [6, 6.07) is 3.67. The molecule has 0 saturated carbocycles. The van der Waals surface area contributed by atoms with Crippen molar-refractivity contribution in [2.75, 3.05) is 52.1 Å². The van der Waals surface area contributed by atoms with Crippen LogP contribution in [0.15, 0.2) is 23.2 Å². The van der Waals surface area contributed by atoms with Crippen LogP contribution in [0, 0.1) is 11.6 Å². The van der Waals surface area contributed by atoms with Gasteiger partial charge in [-0.15, -0.1) is 24.0 Å². The van der Waals surface area contributed by atoms with E-state index in [4.69, 9.17) is 0 Å². The van der Waals surface area contributed by atoms with E-state index in [0.717, 1.165) is 25.6 Å². The molecule has 1 unspecified atom stereocenters. The molecule has 2 rings (SSSR count). The van der Waals surface area contributed by atoms with Crippen molar-refractivity contribution < 1.29 is 17.2 Å². The van der Waals surface area contributed by atoms with Gasteiger partial charge >= 0.3 is 0 Å². The molecule has 0 spiro atoms. The number of nitrogens with zero attached hydrogens (tertiary/aromatic N) is 3. The number of guanidine groups is 1. The van der Waals surface area contributed by atoms with Crippen molar-refractivity contribution in [1.82, 2.24) is 19.8 Å². The Morgan fingerprint density at radius 3 is 2.37 bits per heavy atom. The molecule has 7 nitrogen and oxygen atoms in total. The van der Waals surface area contributed by atoms with E-state index in [0.29, 0.717) is 31.2 Å². The first-order chi connectivity index (χ1) is 13.8. The highest BCUT2D eigenvalue weighted by atomic mass is 127. The molecule has 1 aromatic rings. The molecule has 0 aromatic heterocycles. The van der Waals surface area contributed by atoms with Crippen molar-refractivity contribution >= 4 is 40.0 Å². The molecule has 1 atom stereocenters. The number of rotatable bonds is 8. The summed E-state index contributed by atoms with van der Waals surface area (Å²) in [4.78, 5) is 8.57. The zero-order valence-electron chi connectivity index (χ0n) is 17.7. The van der Waals surface area contributed by atoms with E-state index >= 15 is 0 Å². The van der Waals surface area contributed by atoms with Crippen molar-refractivity contribution in [3.8, 4) is 0 Å². The van der Waals surface area contributed by atoms with E-state index in [1.54, 1.807) is 14.0 Å². The van der Waals surface area contributed by atoms with Crippen LogP contribution in [0.5, 0.6) is 0 Å². The van der Waals surface area contributed by atoms with E-state index in [1.165, 1.54) is 12.1 Å². The van der Waals surface area contributed by atoms with Crippen LogP contribution in [0.4, 0.5) is 8.78 Å². The second-order valence-electron chi connectivity index (χ2n) is 6.88. The number of piperazine rings is 1. The van der Waals surface area contributed by atoms with Crippen molar-refractivity contribution in [3.05, 3.63) is 35.4 Å². The van der Waals surface area contributed by atoms with Crippen LogP contribution in [0.3, 0.4) is 0 Å². The number of aliphatic imine (C=N–C) groups is 1. The topological polar surface area (TPSA) is 77.0 Å². The summed E-state index contributed by atoms with van der Waals surface area (Å²) in [7, 11) is -1.52. The fourth-order valence-electron chi connectivity index (χ4n) is 3.51. The van der Waals surface area contributed by atoms with Gasteiger partial charge in [0.15, 0.2) is 5.96 Å². The van der Waals surface area contributed by atoms with E-state index in [1.807, 2.05) is 6.92 Å². The smallest absolute Gasteiger partial charge is 0.211 e. The third-order valence-corrected chi connectivity index (χ3v) is 6.49. The van der Waals surface area contributed by atoms with Crippen LogP contribution < -0.4 is 10.0 Å². The van der Waals surface area contributed by atoms with Crippen LogP contribution in [0.1, 0.15) is 31.9 Å². The van der Waals surface area contributed by atoms with Gasteiger partial charge in [0, 0.05) is 64.0 Å². The first-order valence-electron chi connectivity index (χ1n) is 9.93. The second-order valence-corrected chi connectivity index (χ2v) is 8.98. The maximum atomic E-state index is 14.2. The van der Waals surface area contributed by atoms with Gasteiger partial charge in [-0.05, 0) is 19.4 Å². The monoisotopic (exact) mass is 559 g/mol. The highest BCUT2D eigenvalue weighted by molar-refractivity contribution is 14.0. The Morgan fingerprint density at radius 1 is 1.17 bits per heavy atom. The number of halogens is 3. The lowest BCUT2D eigenvalue weighted by atomic mass is 10.0. The Hall–Kier alpha value is -1.05. The standard InChI is InChI=1S/C19H31F2N5O2S.HI/c1-4-18(16-7-6-15(20)14-17(16)21)25-10-12-26(13-11-25)19(22-3)23-8-9-24-29(27,28)5-2;/h6-7,14,18,24H,4-5,8-13H2,1-3H3,(H,22,23);1H. The lowest BCUT2D eigenvalue weighted by Gasteiger charge is -2.40. The lowest BCUT2D eigenvalue weighted by molar-refractivity contribution is 0.124. The van der Waals surface area contributed by atoms with Gasteiger partial charge in [0.25, 0.3) is 0 Å². The molecule has 30 heavy (non-hydrogen) atoms. The quantitative estimate of drug-likeness (QED) is 0.221. The summed E-state index contributed by atoms with van der Waals surface area (Å²) in [6.45, 7) is 7.17. The zero-order valence-corrected chi connectivity index (χ0v) is 20.8. The van der Waals surface area contributed by atoms with Gasteiger partial charge in [-0.3, -0.25) is 9.89 Å². The molecule has 1 aliphatic heterocycles. The first-order valence-corrected chi connectivity index (χ1v) is 11.6. The number of benzene rings is 1. The van der Waals surface area contributed by atoms with Gasteiger partial charge in [0.2, 0.25) is 10.0 Å². The highest BCUT2D eigenvalue weighted by Crippen LogP contribution is 2.28. The number of hydrogen-bond acceptors (Lipinski definition) is 4. The average Bonchev–Trinajstić information content (AvgIpc) is 2.71. The van der Waals surface area contributed by atoms with Gasteiger partial charge in [0.05, 0.1) is 5.75 Å². The average molecular weight is 559 g/mol. The molecule has 2 N–H and O–H groups in total. The molecular weight excluding hydrogens is 527 g/mol. The van der Waals surface area contributed by atoms with Crippen LogP contribution in [-0.4, -0.2) is 76.2 Å². The Labute approximate surface area is 195 Å². The third-order valence-electron chi connectivity index (χ3n) is 5.08. The van der Waals surface area contributed by atoms with Crippen LogP contribution in [0.25, 0.3) is 0 Å². The minimum atomic E-state index is -3.21. The highest BCUT2D eigenvalue weighted by Gasteiger charge is 2.27. The molecule has 0 aliphatic carbocycles. The summed E-state index contributed by atoms with van der Waals surface area (Å²) in [6.07, 6.45) is 0.729. The van der Waals surface area contributed by atoms with E-state index in [9.17, 15) is 17.2 Å². The van der Waals surface area contributed by atoms with Crippen LogP contribution in [0.2, 0.25) is 0 Å². The summed E-state index contributed by atoms with van der Waals surface area (Å²) >= 11 is 0. The Bertz CT molecular complexity index is 802. The molecular formula is C19H32F2IN5O2S. The van der Waals surface area contributed by atoms with Crippen molar-refractivity contribution in [3.63, 3.8) is 0 Å². The fraction of sp³-hybridized carbons (Fsp3) is 0.632. The zero-order chi connectivity index (χ0) is 21.4. The number of sulfonamides is 1. The van der Waals surface area contributed by atoms with E-state index in [2.05, 4.69) is 24.8 Å². The van der Waals surface area contributed by atoms with Crippen LogP contribution >= 0.6 is 24.0 Å². The minimum absolute atomic E-state index is 0. The van der Waals surface area contributed by atoms with E-state index < -0.39 is 21.7 Å². The van der Waals surface area contributed by atoms with Gasteiger partial charge in [0.1, 0.15) is 11.6 Å².